The quantitative estimate of drug-likeness (QED) is 0.0855. The summed E-state index contributed by atoms with van der Waals surface area (Å²) in [7, 11) is -11.2. The number of hydrogen-bond donors (Lipinski definition) is 2. The van der Waals surface area contributed by atoms with E-state index in [2.05, 4.69) is 0 Å². The standard InChI is InChI=1S/C38H66N2O6P2S2/c41-49(42,43)29-15-13-27-47(33-17-5-1-6-18-33,34-19-7-2-8-20-34)31-37-38(40-26-25-39-37)32-48(35-21-9-3-10-22-35,36-23-11-4-12-24-36)28-14-16-30-50(44,45)46/h25-26,33-36H,1-24,27-32H2/p+2. The highest BCUT2D eigenvalue weighted by Gasteiger charge is 2.55. The van der Waals surface area contributed by atoms with Crippen LogP contribution in [0.5, 0.6) is 0 Å². The molecule has 0 atom stereocenters. The first-order valence-corrected chi connectivity index (χ1v) is 28.2. The smallest absolute Gasteiger partial charge is 0.264 e. The van der Waals surface area contributed by atoms with Crippen LogP contribution in [0.4, 0.5) is 0 Å². The van der Waals surface area contributed by atoms with Crippen LogP contribution in [0.2, 0.25) is 0 Å². The molecule has 8 nitrogen and oxygen atoms in total. The van der Waals surface area contributed by atoms with Gasteiger partial charge >= 0.3 is 0 Å². The fourth-order valence-electron chi connectivity index (χ4n) is 11.0. The van der Waals surface area contributed by atoms with Gasteiger partial charge in [-0.3, -0.25) is 19.1 Å². The van der Waals surface area contributed by atoms with Gasteiger partial charge in [0, 0.05) is 26.9 Å². The molecule has 1 aromatic heterocycles. The second-order valence-corrected chi connectivity index (χ2v) is 28.6. The van der Waals surface area contributed by atoms with Crippen LogP contribution >= 0.6 is 14.5 Å². The molecule has 0 radical (unpaired) electrons. The first kappa shape index (κ1) is 40.9. The van der Waals surface area contributed by atoms with Crippen LogP contribution in [0.3, 0.4) is 0 Å². The van der Waals surface area contributed by atoms with Gasteiger partial charge in [0.1, 0.15) is 23.7 Å². The highest BCUT2D eigenvalue weighted by molar-refractivity contribution is 7.86. The van der Waals surface area contributed by atoms with E-state index in [4.69, 9.17) is 9.97 Å². The monoisotopic (exact) mass is 774 g/mol. The second kappa shape index (κ2) is 19.4. The first-order valence-electron chi connectivity index (χ1n) is 20.4. The Morgan fingerprint density at radius 2 is 0.760 bits per heavy atom. The lowest BCUT2D eigenvalue weighted by atomic mass is 9.99. The van der Waals surface area contributed by atoms with Crippen LogP contribution in [-0.2, 0) is 32.6 Å². The summed E-state index contributed by atoms with van der Waals surface area (Å²) in [6.45, 7) is 0. The molecule has 0 bridgehead atoms. The average molecular weight is 775 g/mol. The second-order valence-electron chi connectivity index (χ2n) is 16.6. The topological polar surface area (TPSA) is 135 Å². The molecule has 0 spiro atoms. The predicted octanol–water partition coefficient (Wildman–Crippen LogP) is 10.2. The zero-order valence-electron chi connectivity index (χ0n) is 30.8. The van der Waals surface area contributed by atoms with Crippen LogP contribution in [0.1, 0.15) is 165 Å². The van der Waals surface area contributed by atoms with Gasteiger partial charge in [0.25, 0.3) is 20.2 Å². The SMILES string of the molecule is O=S(=O)(O)CCCC[P+](Cc1nccnc1C[P+](CCCCS(=O)(=O)O)(C1CCCCC1)C1CCCCC1)(C1CCCCC1)C1CCCCC1. The van der Waals surface area contributed by atoms with Crippen molar-refractivity contribution in [3.63, 3.8) is 0 Å². The number of nitrogens with zero attached hydrogens (tertiary/aromatic N) is 2. The first-order chi connectivity index (χ1) is 24.0. The molecule has 0 aliphatic heterocycles. The molecule has 0 aromatic carbocycles. The third-order valence-electron chi connectivity index (χ3n) is 13.4. The van der Waals surface area contributed by atoms with Gasteiger partial charge in [-0.25, -0.2) is 0 Å². The minimum atomic E-state index is -3.97. The highest BCUT2D eigenvalue weighted by atomic mass is 32.2. The maximum atomic E-state index is 11.7. The molecule has 4 aliphatic rings. The van der Waals surface area contributed by atoms with Crippen molar-refractivity contribution in [2.75, 3.05) is 23.8 Å². The Hall–Kier alpha value is -0.240. The Balaban J connectivity index is 1.52. The Bertz CT molecular complexity index is 1250. The van der Waals surface area contributed by atoms with Gasteiger partial charge in [0.05, 0.1) is 46.5 Å². The molecule has 4 saturated carbocycles. The van der Waals surface area contributed by atoms with Crippen LogP contribution < -0.4 is 0 Å². The molecular weight excluding hydrogens is 707 g/mol. The van der Waals surface area contributed by atoms with E-state index >= 15 is 0 Å². The molecule has 0 amide bonds. The van der Waals surface area contributed by atoms with E-state index in [0.29, 0.717) is 35.5 Å². The number of rotatable bonds is 18. The highest BCUT2D eigenvalue weighted by Crippen LogP contribution is 2.76. The Morgan fingerprint density at radius 3 is 1.02 bits per heavy atom. The number of aromatic nitrogens is 2. The zero-order valence-corrected chi connectivity index (χ0v) is 34.2. The van der Waals surface area contributed by atoms with Gasteiger partial charge in [-0.05, 0) is 128 Å². The summed E-state index contributed by atoms with van der Waals surface area (Å²) in [5.41, 5.74) is 5.27. The lowest BCUT2D eigenvalue weighted by Crippen LogP contribution is -2.33. The minimum absolute atomic E-state index is 0.147. The van der Waals surface area contributed by atoms with Crippen LogP contribution in [0.25, 0.3) is 0 Å². The van der Waals surface area contributed by atoms with Crippen LogP contribution in [0.15, 0.2) is 12.4 Å². The molecule has 286 valence electrons. The van der Waals surface area contributed by atoms with E-state index in [-0.39, 0.29) is 11.5 Å². The minimum Gasteiger partial charge on any atom is -0.286 e. The summed E-state index contributed by atoms with van der Waals surface area (Å²) < 4.78 is 66.1. The van der Waals surface area contributed by atoms with E-state index < -0.39 is 34.8 Å². The van der Waals surface area contributed by atoms with Gasteiger partial charge in [0.15, 0.2) is 0 Å². The molecular formula is C38H68N2O6P2S2+2. The van der Waals surface area contributed by atoms with Crippen molar-refractivity contribution in [2.24, 2.45) is 0 Å². The molecule has 1 aromatic rings. The lowest BCUT2D eigenvalue weighted by molar-refractivity contribution is 0.473. The van der Waals surface area contributed by atoms with Crippen LogP contribution in [0, 0.1) is 0 Å². The van der Waals surface area contributed by atoms with E-state index in [1.165, 1.54) is 140 Å². The summed E-state index contributed by atoms with van der Waals surface area (Å²) in [4.78, 5) is 10.5. The molecule has 0 saturated heterocycles. The van der Waals surface area contributed by atoms with Gasteiger partial charge < -0.3 is 0 Å². The Labute approximate surface area is 306 Å². The van der Waals surface area contributed by atoms with Crippen LogP contribution in [-0.4, -0.2) is 82.4 Å². The predicted molar refractivity (Wildman–Crippen MR) is 212 cm³/mol. The largest absolute Gasteiger partial charge is 0.286 e. The maximum absolute atomic E-state index is 11.7. The average Bonchev–Trinajstić information content (AvgIpc) is 3.12. The van der Waals surface area contributed by atoms with E-state index in [1.54, 1.807) is 0 Å². The van der Waals surface area contributed by atoms with Gasteiger partial charge in [-0.15, -0.1) is 0 Å². The number of hydrogen-bond acceptors (Lipinski definition) is 6. The molecule has 4 fully saturated rings. The molecule has 4 aliphatic carbocycles. The van der Waals surface area contributed by atoms with Crippen molar-refractivity contribution in [3.8, 4) is 0 Å². The van der Waals surface area contributed by atoms with Gasteiger partial charge in [0.2, 0.25) is 0 Å². The maximum Gasteiger partial charge on any atom is 0.264 e. The van der Waals surface area contributed by atoms with Crippen molar-refractivity contribution in [1.82, 2.24) is 9.97 Å². The van der Waals surface area contributed by atoms with E-state index in [9.17, 15) is 25.9 Å². The molecule has 1 heterocycles. The number of unbranched alkanes of at least 4 members (excludes halogenated alkanes) is 2. The van der Waals surface area contributed by atoms with Crippen molar-refractivity contribution >= 4 is 34.8 Å². The summed E-state index contributed by atoms with van der Waals surface area (Å²) in [5, 5.41) is 0. The van der Waals surface area contributed by atoms with Gasteiger partial charge in [-0.1, -0.05) is 25.7 Å². The third kappa shape index (κ3) is 11.6. The third-order valence-corrected chi connectivity index (χ3v) is 27.0. The molecule has 12 heteroatoms. The Morgan fingerprint density at radius 1 is 0.480 bits per heavy atom. The van der Waals surface area contributed by atoms with E-state index in [1.807, 2.05) is 12.4 Å². The fourth-order valence-corrected chi connectivity index (χ4v) is 25.0. The molecule has 2 N–H and O–H groups in total. The van der Waals surface area contributed by atoms with Gasteiger partial charge in [-0.2, -0.15) is 16.8 Å². The lowest BCUT2D eigenvalue weighted by Gasteiger charge is -2.45. The molecule has 50 heavy (non-hydrogen) atoms. The summed E-state index contributed by atoms with van der Waals surface area (Å²) in [5.74, 6) is -0.293. The normalized spacial score (nSPS) is 21.8. The van der Waals surface area contributed by atoms with E-state index in [0.717, 1.165) is 37.5 Å². The molecule has 5 rings (SSSR count). The zero-order chi connectivity index (χ0) is 35.5. The van der Waals surface area contributed by atoms with Crippen molar-refractivity contribution in [2.45, 2.75) is 189 Å². The van der Waals surface area contributed by atoms with Crippen molar-refractivity contribution in [1.29, 1.82) is 0 Å². The fraction of sp³-hybridized carbons (Fsp3) is 0.895. The van der Waals surface area contributed by atoms with Crippen molar-refractivity contribution < 1.29 is 25.9 Å². The van der Waals surface area contributed by atoms with Crippen molar-refractivity contribution in [3.05, 3.63) is 23.8 Å². The Kier molecular flexibility index (Phi) is 15.9. The summed E-state index contributed by atoms with van der Waals surface area (Å²) >= 11 is 0. The summed E-state index contributed by atoms with van der Waals surface area (Å²) in [6, 6.07) is 0. The summed E-state index contributed by atoms with van der Waals surface area (Å²) in [6.07, 6.45) is 36.7. The molecule has 0 unspecified atom stereocenters.